The molecule has 3 rings (SSSR count). The number of likely N-dealkylation sites (tertiary alicyclic amines) is 1. The number of carbonyl (C=O) groups is 1. The Balaban J connectivity index is 2.13. The van der Waals surface area contributed by atoms with Crippen molar-refractivity contribution in [3.8, 4) is 0 Å². The van der Waals surface area contributed by atoms with Gasteiger partial charge < -0.3 is 4.90 Å². The summed E-state index contributed by atoms with van der Waals surface area (Å²) in [6.45, 7) is 1.85. The molecule has 4 nitrogen and oxygen atoms in total. The van der Waals surface area contributed by atoms with Gasteiger partial charge in [0.1, 0.15) is 0 Å². The number of benzene rings is 2. The third-order valence-electron chi connectivity index (χ3n) is 4.75. The first kappa shape index (κ1) is 16.7. The number of hydrogen-bond acceptors (Lipinski definition) is 3. The molecule has 0 aromatic heterocycles. The summed E-state index contributed by atoms with van der Waals surface area (Å²) in [5.74, 6) is -0.264. The molecule has 1 aliphatic rings. The summed E-state index contributed by atoms with van der Waals surface area (Å²) in [5, 5.41) is -0.662. The number of hydrogen-bond donors (Lipinski definition) is 0. The molecule has 126 valence electrons. The molecule has 3 atom stereocenters. The molecule has 2 aromatic rings. The van der Waals surface area contributed by atoms with Gasteiger partial charge in [0.2, 0.25) is 5.91 Å². The van der Waals surface area contributed by atoms with E-state index < -0.39 is 21.1 Å². The quantitative estimate of drug-likeness (QED) is 0.861. The molecular weight excluding hydrogens is 322 g/mol. The molecule has 0 unspecified atom stereocenters. The van der Waals surface area contributed by atoms with Crippen LogP contribution in [0.5, 0.6) is 0 Å². The fourth-order valence-electron chi connectivity index (χ4n) is 3.53. The number of carbonyl (C=O) groups excluding carboxylic acids is 1. The topological polar surface area (TPSA) is 54.5 Å². The maximum atomic E-state index is 13.3. The molecule has 0 aliphatic carbocycles. The van der Waals surface area contributed by atoms with E-state index in [9.17, 15) is 13.2 Å². The van der Waals surface area contributed by atoms with Crippen LogP contribution >= 0.6 is 0 Å². The van der Waals surface area contributed by atoms with Crippen molar-refractivity contribution in [1.29, 1.82) is 0 Å². The largest absolute Gasteiger partial charge is 0.337 e. The van der Waals surface area contributed by atoms with Gasteiger partial charge in [0.25, 0.3) is 0 Å². The van der Waals surface area contributed by atoms with Gasteiger partial charge in [-0.2, -0.15) is 0 Å². The van der Waals surface area contributed by atoms with Crippen molar-refractivity contribution in [3.63, 3.8) is 0 Å². The van der Waals surface area contributed by atoms with E-state index in [-0.39, 0.29) is 18.2 Å². The summed E-state index contributed by atoms with van der Waals surface area (Å²) in [6.07, 6.45) is 0.247. The second-order valence-corrected chi connectivity index (χ2v) is 8.47. The molecule has 1 amide bonds. The lowest BCUT2D eigenvalue weighted by Crippen LogP contribution is -2.50. The van der Waals surface area contributed by atoms with E-state index >= 15 is 0 Å². The Hall–Kier alpha value is -2.14. The number of nitrogens with zero attached hydrogens (tertiary/aromatic N) is 1. The molecule has 1 heterocycles. The van der Waals surface area contributed by atoms with Gasteiger partial charge in [0.15, 0.2) is 9.84 Å². The second kappa shape index (κ2) is 6.40. The van der Waals surface area contributed by atoms with E-state index in [1.54, 1.807) is 42.3 Å². The van der Waals surface area contributed by atoms with E-state index in [1.165, 1.54) is 0 Å². The van der Waals surface area contributed by atoms with Gasteiger partial charge in [-0.05, 0) is 23.6 Å². The standard InChI is InChI=1S/C19H21NO3S/c1-14-13-17(21)20(2)18(15-9-5-3-6-10-15)19(14)24(22,23)16-11-7-4-8-12-16/h3-12,14,18-19H,13H2,1-2H3/t14-,18-,19+/m0/s1. The minimum atomic E-state index is -3.56. The molecule has 0 radical (unpaired) electrons. The van der Waals surface area contributed by atoms with Crippen LogP contribution < -0.4 is 0 Å². The van der Waals surface area contributed by atoms with Crippen LogP contribution in [0, 0.1) is 5.92 Å². The van der Waals surface area contributed by atoms with Crippen LogP contribution in [0.3, 0.4) is 0 Å². The van der Waals surface area contributed by atoms with E-state index in [2.05, 4.69) is 0 Å². The Morgan fingerprint density at radius 2 is 1.50 bits per heavy atom. The zero-order valence-electron chi connectivity index (χ0n) is 13.8. The minimum absolute atomic E-state index is 0.0177. The fraction of sp³-hybridized carbons (Fsp3) is 0.316. The lowest BCUT2D eigenvalue weighted by atomic mass is 9.87. The van der Waals surface area contributed by atoms with Gasteiger partial charge in [-0.25, -0.2) is 8.42 Å². The zero-order chi connectivity index (χ0) is 17.3. The molecule has 0 saturated carbocycles. The molecular formula is C19H21NO3S. The third-order valence-corrected chi connectivity index (χ3v) is 7.12. The van der Waals surface area contributed by atoms with Crippen molar-refractivity contribution in [3.05, 3.63) is 66.2 Å². The van der Waals surface area contributed by atoms with Crippen molar-refractivity contribution in [2.45, 2.75) is 29.5 Å². The van der Waals surface area contributed by atoms with Gasteiger partial charge >= 0.3 is 0 Å². The number of rotatable bonds is 3. The zero-order valence-corrected chi connectivity index (χ0v) is 14.6. The second-order valence-electron chi connectivity index (χ2n) is 6.36. The van der Waals surface area contributed by atoms with Crippen molar-refractivity contribution >= 4 is 15.7 Å². The number of sulfone groups is 1. The monoisotopic (exact) mass is 343 g/mol. The van der Waals surface area contributed by atoms with Crippen LogP contribution in [-0.2, 0) is 14.6 Å². The lowest BCUT2D eigenvalue weighted by Gasteiger charge is -2.42. The maximum absolute atomic E-state index is 13.3. The normalized spacial score (nSPS) is 24.8. The average Bonchev–Trinajstić information content (AvgIpc) is 2.59. The first-order valence-corrected chi connectivity index (χ1v) is 9.57. The molecule has 0 spiro atoms. The summed E-state index contributed by atoms with van der Waals surface area (Å²) in [6, 6.07) is 17.4. The van der Waals surface area contributed by atoms with Gasteiger partial charge in [-0.3, -0.25) is 4.79 Å². The van der Waals surface area contributed by atoms with Crippen molar-refractivity contribution in [2.24, 2.45) is 5.92 Å². The van der Waals surface area contributed by atoms with Crippen LogP contribution in [0.15, 0.2) is 65.6 Å². The van der Waals surface area contributed by atoms with Crippen LogP contribution in [0.4, 0.5) is 0 Å². The Labute approximate surface area is 143 Å². The molecule has 1 aliphatic heterocycles. The Kier molecular flexibility index (Phi) is 4.45. The predicted octanol–water partition coefficient (Wildman–Crippen LogP) is 3.07. The third kappa shape index (κ3) is 2.84. The van der Waals surface area contributed by atoms with Gasteiger partial charge in [0, 0.05) is 13.5 Å². The van der Waals surface area contributed by atoms with Gasteiger partial charge in [-0.15, -0.1) is 0 Å². The molecule has 2 aromatic carbocycles. The summed E-state index contributed by atoms with van der Waals surface area (Å²) in [7, 11) is -1.86. The van der Waals surface area contributed by atoms with Crippen LogP contribution in [0.1, 0.15) is 24.9 Å². The predicted molar refractivity (Wildman–Crippen MR) is 93.1 cm³/mol. The molecule has 24 heavy (non-hydrogen) atoms. The summed E-state index contributed by atoms with van der Waals surface area (Å²) < 4.78 is 26.6. The Bertz CT molecular complexity index is 818. The molecule has 1 fully saturated rings. The van der Waals surface area contributed by atoms with E-state index in [0.29, 0.717) is 4.90 Å². The highest BCUT2D eigenvalue weighted by Crippen LogP contribution is 2.40. The van der Waals surface area contributed by atoms with Gasteiger partial charge in [-0.1, -0.05) is 55.5 Å². The highest BCUT2D eigenvalue weighted by Gasteiger charge is 2.46. The van der Waals surface area contributed by atoms with E-state index in [1.807, 2.05) is 37.3 Å². The molecule has 0 N–H and O–H groups in total. The number of amides is 1. The Morgan fingerprint density at radius 1 is 0.958 bits per heavy atom. The van der Waals surface area contributed by atoms with Crippen LogP contribution in [-0.4, -0.2) is 31.5 Å². The maximum Gasteiger partial charge on any atom is 0.223 e. The number of piperidine rings is 1. The highest BCUT2D eigenvalue weighted by molar-refractivity contribution is 7.92. The highest BCUT2D eigenvalue weighted by atomic mass is 32.2. The summed E-state index contributed by atoms with van der Waals surface area (Å²) >= 11 is 0. The lowest BCUT2D eigenvalue weighted by molar-refractivity contribution is -0.136. The molecule has 0 bridgehead atoms. The van der Waals surface area contributed by atoms with Gasteiger partial charge in [0.05, 0.1) is 16.2 Å². The van der Waals surface area contributed by atoms with Crippen molar-refractivity contribution in [2.75, 3.05) is 7.05 Å². The average molecular weight is 343 g/mol. The minimum Gasteiger partial charge on any atom is -0.337 e. The van der Waals surface area contributed by atoms with Crippen LogP contribution in [0.2, 0.25) is 0 Å². The SMILES string of the molecule is C[C@H]1CC(=O)N(C)[C@@H](c2ccccc2)[C@@H]1S(=O)(=O)c1ccccc1. The first-order valence-electron chi connectivity index (χ1n) is 8.02. The van der Waals surface area contributed by atoms with Crippen LogP contribution in [0.25, 0.3) is 0 Å². The Morgan fingerprint density at radius 3 is 2.08 bits per heavy atom. The van der Waals surface area contributed by atoms with Crippen molar-refractivity contribution < 1.29 is 13.2 Å². The smallest absolute Gasteiger partial charge is 0.223 e. The van der Waals surface area contributed by atoms with Crippen molar-refractivity contribution in [1.82, 2.24) is 4.90 Å². The summed E-state index contributed by atoms with van der Waals surface area (Å²) in [4.78, 5) is 14.2. The molecule has 1 saturated heterocycles. The molecule has 5 heteroatoms. The van der Waals surface area contributed by atoms with E-state index in [0.717, 1.165) is 5.56 Å². The van der Waals surface area contributed by atoms with E-state index in [4.69, 9.17) is 0 Å². The first-order chi connectivity index (χ1) is 11.4. The summed E-state index contributed by atoms with van der Waals surface area (Å²) in [5.41, 5.74) is 0.851. The fourth-order valence-corrected chi connectivity index (χ4v) is 5.77.